The third-order valence-electron chi connectivity index (χ3n) is 2.56. The SMILES string of the molecule is CCc1ccc(-c2nc(CCN)co2)cc1. The maximum atomic E-state index is 5.46. The largest absolute Gasteiger partial charge is 0.444 e. The van der Waals surface area contributed by atoms with E-state index < -0.39 is 0 Å². The number of oxazole rings is 1. The Hall–Kier alpha value is -1.61. The molecule has 1 heterocycles. The van der Waals surface area contributed by atoms with Crippen molar-refractivity contribution in [2.24, 2.45) is 5.73 Å². The van der Waals surface area contributed by atoms with Crippen molar-refractivity contribution in [2.45, 2.75) is 19.8 Å². The van der Waals surface area contributed by atoms with Crippen molar-refractivity contribution < 1.29 is 4.42 Å². The van der Waals surface area contributed by atoms with Gasteiger partial charge in [-0.25, -0.2) is 4.98 Å². The van der Waals surface area contributed by atoms with Crippen molar-refractivity contribution in [2.75, 3.05) is 6.54 Å². The molecule has 16 heavy (non-hydrogen) atoms. The summed E-state index contributed by atoms with van der Waals surface area (Å²) in [4.78, 5) is 4.38. The summed E-state index contributed by atoms with van der Waals surface area (Å²) >= 11 is 0. The van der Waals surface area contributed by atoms with Gasteiger partial charge in [0.25, 0.3) is 0 Å². The number of hydrogen-bond acceptors (Lipinski definition) is 3. The quantitative estimate of drug-likeness (QED) is 0.853. The van der Waals surface area contributed by atoms with Crippen LogP contribution in [0, 0.1) is 0 Å². The fourth-order valence-corrected chi connectivity index (χ4v) is 1.59. The standard InChI is InChI=1S/C13H16N2O/c1-2-10-3-5-11(6-4-10)13-15-12(7-8-14)9-16-13/h3-6,9H,2,7-8,14H2,1H3. The molecule has 0 radical (unpaired) electrons. The van der Waals surface area contributed by atoms with E-state index in [2.05, 4.69) is 24.0 Å². The number of rotatable bonds is 4. The van der Waals surface area contributed by atoms with Gasteiger partial charge in [0.2, 0.25) is 5.89 Å². The van der Waals surface area contributed by atoms with Crippen LogP contribution in [-0.2, 0) is 12.8 Å². The Kier molecular flexibility index (Phi) is 3.37. The lowest BCUT2D eigenvalue weighted by Crippen LogP contribution is -2.02. The molecule has 1 aromatic heterocycles. The van der Waals surface area contributed by atoms with Gasteiger partial charge in [-0.3, -0.25) is 0 Å². The third-order valence-corrected chi connectivity index (χ3v) is 2.56. The van der Waals surface area contributed by atoms with E-state index in [4.69, 9.17) is 10.2 Å². The van der Waals surface area contributed by atoms with Crippen LogP contribution in [-0.4, -0.2) is 11.5 Å². The lowest BCUT2D eigenvalue weighted by atomic mass is 10.1. The summed E-state index contributed by atoms with van der Waals surface area (Å²) in [5.41, 5.74) is 8.71. The molecule has 0 saturated carbocycles. The smallest absolute Gasteiger partial charge is 0.226 e. The van der Waals surface area contributed by atoms with Crippen LogP contribution in [0.1, 0.15) is 18.2 Å². The molecule has 0 bridgehead atoms. The Morgan fingerprint density at radius 2 is 2.00 bits per heavy atom. The van der Waals surface area contributed by atoms with E-state index >= 15 is 0 Å². The molecule has 2 aromatic rings. The molecule has 0 atom stereocenters. The van der Waals surface area contributed by atoms with Gasteiger partial charge in [-0.15, -0.1) is 0 Å². The molecule has 0 unspecified atom stereocenters. The van der Waals surface area contributed by atoms with Crippen LogP contribution in [0.4, 0.5) is 0 Å². The predicted molar refractivity (Wildman–Crippen MR) is 64.1 cm³/mol. The average molecular weight is 216 g/mol. The Balaban J connectivity index is 2.21. The monoisotopic (exact) mass is 216 g/mol. The van der Waals surface area contributed by atoms with Gasteiger partial charge in [0.15, 0.2) is 0 Å². The summed E-state index contributed by atoms with van der Waals surface area (Å²) in [6.07, 6.45) is 3.48. The van der Waals surface area contributed by atoms with E-state index in [-0.39, 0.29) is 0 Å². The number of aryl methyl sites for hydroxylation is 1. The van der Waals surface area contributed by atoms with Gasteiger partial charge in [0, 0.05) is 12.0 Å². The minimum Gasteiger partial charge on any atom is -0.444 e. The lowest BCUT2D eigenvalue weighted by Gasteiger charge is -1.97. The number of nitrogens with two attached hydrogens (primary N) is 1. The maximum Gasteiger partial charge on any atom is 0.226 e. The highest BCUT2D eigenvalue weighted by molar-refractivity contribution is 5.53. The zero-order valence-electron chi connectivity index (χ0n) is 9.44. The van der Waals surface area contributed by atoms with Gasteiger partial charge >= 0.3 is 0 Å². The minimum atomic E-state index is 0.598. The second-order valence-corrected chi connectivity index (χ2v) is 3.73. The second kappa shape index (κ2) is 4.94. The summed E-state index contributed by atoms with van der Waals surface area (Å²) in [6, 6.07) is 8.28. The predicted octanol–water partition coefficient (Wildman–Crippen LogP) is 2.41. The molecule has 3 heteroatoms. The third kappa shape index (κ3) is 2.31. The summed E-state index contributed by atoms with van der Waals surface area (Å²) < 4.78 is 5.41. The zero-order chi connectivity index (χ0) is 11.4. The van der Waals surface area contributed by atoms with Crippen molar-refractivity contribution in [3.8, 4) is 11.5 Å². The lowest BCUT2D eigenvalue weighted by molar-refractivity contribution is 0.572. The van der Waals surface area contributed by atoms with E-state index in [0.717, 1.165) is 24.1 Å². The van der Waals surface area contributed by atoms with Gasteiger partial charge < -0.3 is 10.2 Å². The summed E-state index contributed by atoms with van der Waals surface area (Å²) in [5, 5.41) is 0. The zero-order valence-corrected chi connectivity index (χ0v) is 9.44. The molecule has 1 aromatic carbocycles. The Morgan fingerprint density at radius 3 is 2.62 bits per heavy atom. The first kappa shape index (κ1) is 10.9. The summed E-state index contributed by atoms with van der Waals surface area (Å²) in [5.74, 6) is 0.672. The van der Waals surface area contributed by atoms with Crippen LogP contribution in [0.2, 0.25) is 0 Å². The van der Waals surface area contributed by atoms with Gasteiger partial charge in [-0.1, -0.05) is 19.1 Å². The first-order chi connectivity index (χ1) is 7.83. The van der Waals surface area contributed by atoms with Crippen molar-refractivity contribution >= 4 is 0 Å². The first-order valence-corrected chi connectivity index (χ1v) is 5.57. The van der Waals surface area contributed by atoms with E-state index in [0.29, 0.717) is 12.4 Å². The number of benzene rings is 1. The van der Waals surface area contributed by atoms with Crippen molar-refractivity contribution in [1.82, 2.24) is 4.98 Å². The average Bonchev–Trinajstić information content (AvgIpc) is 2.78. The van der Waals surface area contributed by atoms with E-state index in [1.165, 1.54) is 5.56 Å². The number of aromatic nitrogens is 1. The second-order valence-electron chi connectivity index (χ2n) is 3.73. The molecule has 3 nitrogen and oxygen atoms in total. The molecule has 0 saturated heterocycles. The molecule has 84 valence electrons. The Labute approximate surface area is 95.3 Å². The van der Waals surface area contributed by atoms with Crippen LogP contribution in [0.3, 0.4) is 0 Å². The van der Waals surface area contributed by atoms with Crippen molar-refractivity contribution in [3.05, 3.63) is 41.8 Å². The number of hydrogen-bond donors (Lipinski definition) is 1. The molecule has 2 N–H and O–H groups in total. The molecule has 2 rings (SSSR count). The van der Waals surface area contributed by atoms with E-state index in [1.807, 2.05) is 12.1 Å². The number of nitrogens with zero attached hydrogens (tertiary/aromatic N) is 1. The molecule has 0 aliphatic carbocycles. The van der Waals surface area contributed by atoms with Crippen LogP contribution in [0.15, 0.2) is 34.9 Å². The normalized spacial score (nSPS) is 10.6. The Morgan fingerprint density at radius 1 is 1.25 bits per heavy atom. The van der Waals surface area contributed by atoms with Crippen molar-refractivity contribution in [1.29, 1.82) is 0 Å². The highest BCUT2D eigenvalue weighted by atomic mass is 16.3. The van der Waals surface area contributed by atoms with Gasteiger partial charge in [0.05, 0.1) is 5.69 Å². The molecular formula is C13H16N2O. The van der Waals surface area contributed by atoms with Crippen LogP contribution in [0.25, 0.3) is 11.5 Å². The fraction of sp³-hybridized carbons (Fsp3) is 0.308. The highest BCUT2D eigenvalue weighted by Gasteiger charge is 2.05. The fourth-order valence-electron chi connectivity index (χ4n) is 1.59. The highest BCUT2D eigenvalue weighted by Crippen LogP contribution is 2.19. The Bertz CT molecular complexity index is 445. The molecular weight excluding hydrogens is 200 g/mol. The summed E-state index contributed by atoms with van der Waals surface area (Å²) in [6.45, 7) is 2.74. The molecule has 0 fully saturated rings. The minimum absolute atomic E-state index is 0.598. The van der Waals surface area contributed by atoms with Gasteiger partial charge in [0.1, 0.15) is 6.26 Å². The van der Waals surface area contributed by atoms with Crippen LogP contribution < -0.4 is 5.73 Å². The van der Waals surface area contributed by atoms with Crippen LogP contribution >= 0.6 is 0 Å². The van der Waals surface area contributed by atoms with Crippen molar-refractivity contribution in [3.63, 3.8) is 0 Å². The van der Waals surface area contributed by atoms with E-state index in [9.17, 15) is 0 Å². The molecule has 0 spiro atoms. The van der Waals surface area contributed by atoms with E-state index in [1.54, 1.807) is 6.26 Å². The van der Waals surface area contributed by atoms with Gasteiger partial charge in [-0.2, -0.15) is 0 Å². The maximum absolute atomic E-state index is 5.46. The molecule has 0 aliphatic heterocycles. The molecule has 0 aliphatic rings. The summed E-state index contributed by atoms with van der Waals surface area (Å²) in [7, 11) is 0. The topological polar surface area (TPSA) is 52.0 Å². The first-order valence-electron chi connectivity index (χ1n) is 5.57. The van der Waals surface area contributed by atoms with Crippen LogP contribution in [0.5, 0.6) is 0 Å². The molecule has 0 amide bonds. The van der Waals surface area contributed by atoms with Gasteiger partial charge in [-0.05, 0) is 30.7 Å².